The van der Waals surface area contributed by atoms with Crippen molar-refractivity contribution >= 4 is 17.9 Å². The lowest BCUT2D eigenvalue weighted by atomic mass is 9.40. The summed E-state index contributed by atoms with van der Waals surface area (Å²) in [6, 6.07) is 2.01. The molecule has 6 rings (SSSR count). The number of fused-ring (bicyclic) bond motifs is 4. The van der Waals surface area contributed by atoms with E-state index in [0.717, 1.165) is 12.0 Å². The van der Waals surface area contributed by atoms with E-state index in [1.54, 1.807) is 12.5 Å². The summed E-state index contributed by atoms with van der Waals surface area (Å²) in [5.41, 5.74) is 1.68. The van der Waals surface area contributed by atoms with E-state index < -0.39 is 28.5 Å². The predicted octanol–water partition coefficient (Wildman–Crippen LogP) is 5.37. The number of methoxy groups -OCH3 is 1. The van der Waals surface area contributed by atoms with E-state index in [4.69, 9.17) is 28.1 Å². The first-order chi connectivity index (χ1) is 20.3. The predicted molar refractivity (Wildman–Crippen MR) is 155 cm³/mol. The molecular formula is C34H46O9. The van der Waals surface area contributed by atoms with Crippen molar-refractivity contribution in [3.05, 3.63) is 35.3 Å². The van der Waals surface area contributed by atoms with Crippen molar-refractivity contribution in [3.63, 3.8) is 0 Å². The lowest BCUT2D eigenvalue weighted by Crippen LogP contribution is -2.71. The largest absolute Gasteiger partial charge is 0.472 e. The minimum Gasteiger partial charge on any atom is -0.472 e. The molecule has 0 bridgehead atoms. The highest BCUT2D eigenvalue weighted by Crippen LogP contribution is 2.74. The van der Waals surface area contributed by atoms with Gasteiger partial charge in [-0.3, -0.25) is 14.4 Å². The molecule has 0 radical (unpaired) electrons. The molecule has 3 heterocycles. The van der Waals surface area contributed by atoms with Crippen LogP contribution >= 0.6 is 0 Å². The van der Waals surface area contributed by atoms with Crippen molar-refractivity contribution in [2.24, 2.45) is 34.0 Å². The fourth-order valence-electron chi connectivity index (χ4n) is 10.1. The van der Waals surface area contributed by atoms with Gasteiger partial charge in [0, 0.05) is 47.8 Å². The summed E-state index contributed by atoms with van der Waals surface area (Å²) < 4.78 is 36.9. The quantitative estimate of drug-likeness (QED) is 0.232. The molecule has 12 atom stereocenters. The van der Waals surface area contributed by atoms with E-state index in [1.165, 1.54) is 25.2 Å². The van der Waals surface area contributed by atoms with Crippen molar-refractivity contribution < 1.29 is 42.5 Å². The van der Waals surface area contributed by atoms with E-state index in [1.807, 2.05) is 19.9 Å². The van der Waals surface area contributed by atoms with Crippen LogP contribution in [0.25, 0.3) is 0 Å². The Kier molecular flexibility index (Phi) is 7.40. The summed E-state index contributed by atoms with van der Waals surface area (Å²) in [6.07, 6.45) is 3.46. The Bertz CT molecular complexity index is 1320. The van der Waals surface area contributed by atoms with E-state index in [-0.39, 0.29) is 66.3 Å². The molecule has 2 saturated heterocycles. The molecule has 2 aliphatic heterocycles. The molecule has 0 N–H and O–H groups in total. The molecule has 0 spiro atoms. The topological polar surface area (TPSA) is 111 Å². The molecule has 1 unspecified atom stereocenters. The highest BCUT2D eigenvalue weighted by molar-refractivity contribution is 5.73. The summed E-state index contributed by atoms with van der Waals surface area (Å²) in [4.78, 5) is 39.1. The number of carbonyl (C=O) groups excluding carboxylic acids is 3. The minimum absolute atomic E-state index is 0.137. The summed E-state index contributed by atoms with van der Waals surface area (Å²) in [5.74, 6) is -1.62. The molecule has 4 fully saturated rings. The van der Waals surface area contributed by atoms with Crippen LogP contribution in [0.15, 0.2) is 34.2 Å². The van der Waals surface area contributed by atoms with Crippen molar-refractivity contribution in [1.82, 2.24) is 0 Å². The average Bonchev–Trinajstić information content (AvgIpc) is 3.73. The normalized spacial score (nSPS) is 43.4. The van der Waals surface area contributed by atoms with Crippen LogP contribution in [0.1, 0.15) is 85.6 Å². The summed E-state index contributed by atoms with van der Waals surface area (Å²) in [7, 11) is 1.42. The zero-order valence-corrected chi connectivity index (χ0v) is 26.6. The van der Waals surface area contributed by atoms with Crippen LogP contribution in [-0.2, 0) is 38.1 Å². The second-order valence-corrected chi connectivity index (χ2v) is 14.3. The summed E-state index contributed by atoms with van der Waals surface area (Å²) in [6.45, 7) is 14.3. The van der Waals surface area contributed by atoms with Gasteiger partial charge in [-0.25, -0.2) is 0 Å². The van der Waals surface area contributed by atoms with Crippen molar-refractivity contribution in [2.75, 3.05) is 13.7 Å². The van der Waals surface area contributed by atoms with Crippen LogP contribution in [0.4, 0.5) is 0 Å². The van der Waals surface area contributed by atoms with E-state index in [0.29, 0.717) is 19.4 Å². The number of carbonyl (C=O) groups is 3. The Hall–Kier alpha value is -2.65. The van der Waals surface area contributed by atoms with E-state index in [2.05, 4.69) is 27.7 Å². The fourth-order valence-corrected chi connectivity index (χ4v) is 10.1. The fraction of sp³-hybridized carbons (Fsp3) is 0.735. The molecule has 2 saturated carbocycles. The number of esters is 3. The second kappa shape index (κ2) is 10.5. The number of allylic oxidation sites excluding steroid dienone is 1. The zero-order valence-electron chi connectivity index (χ0n) is 26.6. The molecule has 236 valence electrons. The third-order valence-electron chi connectivity index (χ3n) is 12.3. The Morgan fingerprint density at radius 2 is 1.86 bits per heavy atom. The lowest BCUT2D eigenvalue weighted by Gasteiger charge is -2.65. The Balaban J connectivity index is 1.54. The molecule has 9 heteroatoms. The molecule has 5 aliphatic rings. The second-order valence-electron chi connectivity index (χ2n) is 14.3. The number of furan rings is 1. The van der Waals surface area contributed by atoms with Gasteiger partial charge in [-0.1, -0.05) is 40.2 Å². The van der Waals surface area contributed by atoms with Gasteiger partial charge in [0.15, 0.2) is 0 Å². The van der Waals surface area contributed by atoms with Crippen LogP contribution in [0.3, 0.4) is 0 Å². The number of rotatable bonds is 7. The summed E-state index contributed by atoms with van der Waals surface area (Å²) >= 11 is 0. The van der Waals surface area contributed by atoms with Gasteiger partial charge in [0.1, 0.15) is 12.2 Å². The maximum Gasteiger partial charge on any atom is 0.308 e. The molecule has 43 heavy (non-hydrogen) atoms. The minimum atomic E-state index is -0.714. The smallest absolute Gasteiger partial charge is 0.308 e. The maximum atomic E-state index is 13.5. The van der Waals surface area contributed by atoms with Crippen LogP contribution in [0.2, 0.25) is 0 Å². The monoisotopic (exact) mass is 598 g/mol. The molecule has 9 nitrogen and oxygen atoms in total. The van der Waals surface area contributed by atoms with Crippen LogP contribution in [-0.4, -0.2) is 62.1 Å². The Morgan fingerprint density at radius 1 is 1.12 bits per heavy atom. The van der Waals surface area contributed by atoms with Gasteiger partial charge in [0.2, 0.25) is 0 Å². The van der Waals surface area contributed by atoms with Crippen LogP contribution in [0.5, 0.6) is 0 Å². The van der Waals surface area contributed by atoms with Crippen molar-refractivity contribution in [1.29, 1.82) is 0 Å². The first-order valence-corrected chi connectivity index (χ1v) is 15.8. The highest BCUT2D eigenvalue weighted by Gasteiger charge is 2.78. The van der Waals surface area contributed by atoms with Crippen molar-refractivity contribution in [2.45, 2.75) is 111 Å². The Morgan fingerprint density at radius 3 is 2.49 bits per heavy atom. The van der Waals surface area contributed by atoms with Gasteiger partial charge in [-0.15, -0.1) is 0 Å². The zero-order chi connectivity index (χ0) is 31.1. The molecular weight excluding hydrogens is 552 g/mol. The first kappa shape index (κ1) is 30.4. The van der Waals surface area contributed by atoms with Crippen molar-refractivity contribution in [3.8, 4) is 0 Å². The van der Waals surface area contributed by atoms with Gasteiger partial charge in [0.05, 0.1) is 50.5 Å². The molecule has 1 aromatic rings. The summed E-state index contributed by atoms with van der Waals surface area (Å²) in [5, 5.41) is 0. The molecule has 0 amide bonds. The SMILES string of the molecule is CC[C@@H](C)C(=O)O[C@H]1C[C@@H](OC(C)=O)[C@@]2(C)CO[C@H]3[C@H]4O[C@@H]5C[C@@H](c6ccoc6)C(C)=C5[C@@]4(C)C(CC(=O)OC)[C@]1(C)[C@@H]32. The van der Waals surface area contributed by atoms with Gasteiger partial charge in [-0.2, -0.15) is 0 Å². The Labute approximate surface area is 254 Å². The van der Waals surface area contributed by atoms with Gasteiger partial charge in [0.25, 0.3) is 0 Å². The third-order valence-corrected chi connectivity index (χ3v) is 12.3. The average molecular weight is 599 g/mol. The molecule has 1 aromatic heterocycles. The van der Waals surface area contributed by atoms with Crippen LogP contribution < -0.4 is 0 Å². The molecule has 3 aliphatic carbocycles. The lowest BCUT2D eigenvalue weighted by molar-refractivity contribution is -0.253. The highest BCUT2D eigenvalue weighted by atomic mass is 16.6. The number of ether oxygens (including phenoxy) is 5. The number of hydrogen-bond acceptors (Lipinski definition) is 9. The third kappa shape index (κ3) is 4.20. The van der Waals surface area contributed by atoms with Gasteiger partial charge >= 0.3 is 17.9 Å². The van der Waals surface area contributed by atoms with Gasteiger partial charge < -0.3 is 28.1 Å². The standard InChI is InChI=1S/C34H46O9/c1-9-17(2)31(37)43-25-14-24(41-19(4)35)32(5)16-40-28-29(32)33(25,6)23(13-26(36)38-8)34(7)27-18(3)21(20-10-11-39-15-20)12-22(27)42-30(28)34/h10-11,15,17,21-25,28-30H,9,12-14,16H2,1-8H3/t17-,21-,22-,23?,24-,25+,28-,29+,30-,32-,33+,34-/m1/s1. The maximum absolute atomic E-state index is 13.5. The van der Waals surface area contributed by atoms with E-state index >= 15 is 0 Å². The number of hydrogen-bond donors (Lipinski definition) is 0. The van der Waals surface area contributed by atoms with Crippen LogP contribution in [0, 0.1) is 34.0 Å². The van der Waals surface area contributed by atoms with Gasteiger partial charge in [-0.05, 0) is 42.9 Å². The molecule has 0 aromatic carbocycles. The van der Waals surface area contributed by atoms with E-state index in [9.17, 15) is 14.4 Å². The first-order valence-electron chi connectivity index (χ1n) is 15.8.